The van der Waals surface area contributed by atoms with Crippen molar-refractivity contribution in [3.63, 3.8) is 0 Å². The number of rotatable bonds is 5. The fraction of sp³-hybridized carbons (Fsp3) is 0.429. The van der Waals surface area contributed by atoms with E-state index in [0.29, 0.717) is 11.3 Å². The first-order valence-corrected chi connectivity index (χ1v) is 6.07. The first-order valence-electron chi connectivity index (χ1n) is 6.07. The standard InChI is InChI=1S/C14H20N2O3/c1-9(2)14(3,13(15)18)16-12(17)10-5-7-11(19-4)8-6-10/h5-9H,1-4H3,(H2,15,18)(H,16,17)/t14-/m0/s1. The quantitative estimate of drug-likeness (QED) is 0.841. The molecule has 0 aliphatic carbocycles. The molecule has 5 heteroatoms. The van der Waals surface area contributed by atoms with Gasteiger partial charge in [0.1, 0.15) is 11.3 Å². The second kappa shape index (κ2) is 5.73. The van der Waals surface area contributed by atoms with Gasteiger partial charge in [0.25, 0.3) is 5.91 Å². The van der Waals surface area contributed by atoms with Gasteiger partial charge in [-0.1, -0.05) is 13.8 Å². The third kappa shape index (κ3) is 3.24. The average Bonchev–Trinajstić information content (AvgIpc) is 2.38. The second-order valence-corrected chi connectivity index (χ2v) is 4.90. The van der Waals surface area contributed by atoms with Gasteiger partial charge in [-0.25, -0.2) is 0 Å². The summed E-state index contributed by atoms with van der Waals surface area (Å²) < 4.78 is 5.02. The summed E-state index contributed by atoms with van der Waals surface area (Å²) in [4.78, 5) is 23.6. The highest BCUT2D eigenvalue weighted by atomic mass is 16.5. The number of methoxy groups -OCH3 is 1. The van der Waals surface area contributed by atoms with E-state index in [-0.39, 0.29) is 11.8 Å². The Morgan fingerprint density at radius 1 is 1.26 bits per heavy atom. The number of nitrogens with two attached hydrogens (primary N) is 1. The van der Waals surface area contributed by atoms with E-state index in [1.165, 1.54) is 0 Å². The van der Waals surface area contributed by atoms with Crippen LogP contribution in [0.15, 0.2) is 24.3 Å². The molecule has 0 unspecified atom stereocenters. The molecule has 3 N–H and O–H groups in total. The van der Waals surface area contributed by atoms with Crippen molar-refractivity contribution >= 4 is 11.8 Å². The van der Waals surface area contributed by atoms with Gasteiger partial charge in [0.15, 0.2) is 0 Å². The molecular formula is C14H20N2O3. The van der Waals surface area contributed by atoms with E-state index in [1.807, 2.05) is 13.8 Å². The number of ether oxygens (including phenoxy) is 1. The number of benzene rings is 1. The zero-order valence-electron chi connectivity index (χ0n) is 11.7. The van der Waals surface area contributed by atoms with E-state index in [0.717, 1.165) is 0 Å². The molecule has 0 heterocycles. The Labute approximate surface area is 113 Å². The smallest absolute Gasteiger partial charge is 0.252 e. The second-order valence-electron chi connectivity index (χ2n) is 4.90. The van der Waals surface area contributed by atoms with E-state index in [9.17, 15) is 9.59 Å². The van der Waals surface area contributed by atoms with Crippen molar-refractivity contribution in [3.05, 3.63) is 29.8 Å². The van der Waals surface area contributed by atoms with Gasteiger partial charge in [-0.15, -0.1) is 0 Å². The number of primary amides is 1. The lowest BCUT2D eigenvalue weighted by Gasteiger charge is -2.31. The first-order chi connectivity index (χ1) is 8.81. The number of carbonyl (C=O) groups is 2. The van der Waals surface area contributed by atoms with Crippen LogP contribution in [0.2, 0.25) is 0 Å². The third-order valence-electron chi connectivity index (χ3n) is 3.39. The van der Waals surface area contributed by atoms with Crippen LogP contribution < -0.4 is 15.8 Å². The Balaban J connectivity index is 2.91. The molecule has 1 rings (SSSR count). The van der Waals surface area contributed by atoms with E-state index in [4.69, 9.17) is 10.5 Å². The summed E-state index contributed by atoms with van der Waals surface area (Å²) in [7, 11) is 1.55. The van der Waals surface area contributed by atoms with Crippen LogP contribution in [0.5, 0.6) is 5.75 Å². The van der Waals surface area contributed by atoms with Crippen LogP contribution in [0.3, 0.4) is 0 Å². The SMILES string of the molecule is COc1ccc(C(=O)N[C@](C)(C(N)=O)C(C)C)cc1. The number of hydrogen-bond donors (Lipinski definition) is 2. The first kappa shape index (κ1) is 15.0. The fourth-order valence-electron chi connectivity index (χ4n) is 1.54. The molecule has 0 aliphatic heterocycles. The topological polar surface area (TPSA) is 81.4 Å². The summed E-state index contributed by atoms with van der Waals surface area (Å²) in [5, 5.41) is 2.69. The highest BCUT2D eigenvalue weighted by Crippen LogP contribution is 2.18. The predicted octanol–water partition coefficient (Wildman–Crippen LogP) is 1.32. The van der Waals surface area contributed by atoms with Gasteiger partial charge >= 0.3 is 0 Å². The zero-order chi connectivity index (χ0) is 14.6. The molecule has 1 aromatic carbocycles. The van der Waals surface area contributed by atoms with Crippen LogP contribution in [0.25, 0.3) is 0 Å². The molecule has 0 fully saturated rings. The molecule has 104 valence electrons. The maximum absolute atomic E-state index is 12.1. The number of carbonyl (C=O) groups excluding carboxylic acids is 2. The highest BCUT2D eigenvalue weighted by Gasteiger charge is 2.36. The lowest BCUT2D eigenvalue weighted by molar-refractivity contribution is -0.125. The minimum atomic E-state index is -1.07. The maximum atomic E-state index is 12.1. The number of amides is 2. The molecule has 0 bridgehead atoms. The number of hydrogen-bond acceptors (Lipinski definition) is 3. The molecule has 0 aliphatic rings. The van der Waals surface area contributed by atoms with E-state index in [1.54, 1.807) is 38.3 Å². The van der Waals surface area contributed by atoms with E-state index >= 15 is 0 Å². The molecule has 19 heavy (non-hydrogen) atoms. The Kier molecular flexibility index (Phi) is 4.53. The summed E-state index contributed by atoms with van der Waals surface area (Å²) in [6.45, 7) is 5.29. The Morgan fingerprint density at radius 2 is 1.79 bits per heavy atom. The molecule has 0 spiro atoms. The van der Waals surface area contributed by atoms with Gasteiger partial charge in [0.05, 0.1) is 7.11 Å². The zero-order valence-corrected chi connectivity index (χ0v) is 11.7. The van der Waals surface area contributed by atoms with Crippen molar-refractivity contribution in [2.45, 2.75) is 26.3 Å². The summed E-state index contributed by atoms with van der Waals surface area (Å²) in [6.07, 6.45) is 0. The van der Waals surface area contributed by atoms with Crippen molar-refractivity contribution in [2.24, 2.45) is 11.7 Å². The summed E-state index contributed by atoms with van der Waals surface area (Å²) >= 11 is 0. The lowest BCUT2D eigenvalue weighted by atomic mass is 9.87. The lowest BCUT2D eigenvalue weighted by Crippen LogP contribution is -2.58. The van der Waals surface area contributed by atoms with Gasteiger partial charge in [-0.2, -0.15) is 0 Å². The van der Waals surface area contributed by atoms with Crippen LogP contribution in [0.4, 0.5) is 0 Å². The van der Waals surface area contributed by atoms with Crippen LogP contribution >= 0.6 is 0 Å². The fourth-order valence-corrected chi connectivity index (χ4v) is 1.54. The molecule has 0 saturated carbocycles. The van der Waals surface area contributed by atoms with Crippen LogP contribution in [0, 0.1) is 5.92 Å². The van der Waals surface area contributed by atoms with Crippen LogP contribution in [-0.4, -0.2) is 24.5 Å². The van der Waals surface area contributed by atoms with Gasteiger partial charge < -0.3 is 15.8 Å². The molecule has 2 amide bonds. The monoisotopic (exact) mass is 264 g/mol. The normalized spacial score (nSPS) is 13.7. The van der Waals surface area contributed by atoms with Crippen LogP contribution in [-0.2, 0) is 4.79 Å². The minimum absolute atomic E-state index is 0.104. The van der Waals surface area contributed by atoms with Crippen molar-refractivity contribution in [2.75, 3.05) is 7.11 Å². The largest absolute Gasteiger partial charge is 0.497 e. The van der Waals surface area contributed by atoms with Crippen molar-refractivity contribution < 1.29 is 14.3 Å². The van der Waals surface area contributed by atoms with Gasteiger partial charge in [-0.05, 0) is 37.1 Å². The van der Waals surface area contributed by atoms with E-state index < -0.39 is 11.4 Å². The Morgan fingerprint density at radius 3 is 2.16 bits per heavy atom. The number of nitrogens with one attached hydrogen (secondary N) is 1. The highest BCUT2D eigenvalue weighted by molar-refractivity contribution is 5.98. The molecule has 0 aromatic heterocycles. The third-order valence-corrected chi connectivity index (χ3v) is 3.39. The Bertz CT molecular complexity index is 468. The van der Waals surface area contributed by atoms with Crippen molar-refractivity contribution in [1.29, 1.82) is 0 Å². The van der Waals surface area contributed by atoms with Crippen LogP contribution in [0.1, 0.15) is 31.1 Å². The molecule has 0 radical (unpaired) electrons. The predicted molar refractivity (Wildman–Crippen MR) is 72.9 cm³/mol. The average molecular weight is 264 g/mol. The molecule has 1 atom stereocenters. The summed E-state index contributed by atoms with van der Waals surface area (Å²) in [6, 6.07) is 6.64. The minimum Gasteiger partial charge on any atom is -0.497 e. The molecule has 1 aromatic rings. The molecular weight excluding hydrogens is 244 g/mol. The van der Waals surface area contributed by atoms with Gasteiger partial charge in [0.2, 0.25) is 5.91 Å². The summed E-state index contributed by atoms with van der Waals surface area (Å²) in [5.74, 6) is -0.327. The van der Waals surface area contributed by atoms with Crippen molar-refractivity contribution in [1.82, 2.24) is 5.32 Å². The molecule has 5 nitrogen and oxygen atoms in total. The Hall–Kier alpha value is -2.04. The molecule has 0 saturated heterocycles. The van der Waals surface area contributed by atoms with E-state index in [2.05, 4.69) is 5.32 Å². The summed E-state index contributed by atoms with van der Waals surface area (Å²) in [5.41, 5.74) is 4.75. The van der Waals surface area contributed by atoms with Crippen molar-refractivity contribution in [3.8, 4) is 5.75 Å². The van der Waals surface area contributed by atoms with Gasteiger partial charge in [-0.3, -0.25) is 9.59 Å². The maximum Gasteiger partial charge on any atom is 0.252 e. The van der Waals surface area contributed by atoms with Gasteiger partial charge in [0, 0.05) is 5.56 Å².